The number of carbonyl (C=O) groups is 1. The van der Waals surface area contributed by atoms with Gasteiger partial charge < -0.3 is 20.5 Å². The van der Waals surface area contributed by atoms with Gasteiger partial charge in [-0.3, -0.25) is 4.98 Å². The molecule has 3 rings (SSSR count). The second-order valence-electron chi connectivity index (χ2n) is 6.04. The molecular formula is C20H15ClF3N3O3. The van der Waals surface area contributed by atoms with Gasteiger partial charge in [0.05, 0.1) is 22.9 Å². The molecule has 0 aliphatic heterocycles. The zero-order valence-corrected chi connectivity index (χ0v) is 16.0. The van der Waals surface area contributed by atoms with Crippen LogP contribution < -0.4 is 15.4 Å². The third-order valence-corrected chi connectivity index (χ3v) is 4.16. The number of aromatic nitrogens is 1. The fraction of sp³-hybridized carbons (Fsp3) is 0.100. The summed E-state index contributed by atoms with van der Waals surface area (Å²) in [5.41, 5.74) is -0.237. The standard InChI is InChI=1S/C20H15ClF3N3O3/c21-18-6-3-13(10-17(18)20(22,23)24)27-19(29)26-12-1-4-15(5-2-12)30-16-7-8-25-14(9-16)11-28/h1-10,28H,11H2,(H2,26,27,29). The molecule has 0 aliphatic rings. The molecule has 0 aliphatic carbocycles. The molecule has 0 saturated heterocycles. The molecule has 2 aromatic carbocycles. The Labute approximate surface area is 174 Å². The van der Waals surface area contributed by atoms with Crippen LogP contribution in [0.25, 0.3) is 0 Å². The van der Waals surface area contributed by atoms with Crippen LogP contribution in [0.5, 0.6) is 11.5 Å². The minimum Gasteiger partial charge on any atom is -0.457 e. The van der Waals surface area contributed by atoms with Gasteiger partial charge in [0, 0.05) is 23.6 Å². The third kappa shape index (κ3) is 5.62. The Hall–Kier alpha value is -3.30. The summed E-state index contributed by atoms with van der Waals surface area (Å²) >= 11 is 5.56. The monoisotopic (exact) mass is 437 g/mol. The average molecular weight is 438 g/mol. The Morgan fingerprint density at radius 2 is 1.67 bits per heavy atom. The number of pyridine rings is 1. The Morgan fingerprint density at radius 3 is 2.33 bits per heavy atom. The molecule has 0 unspecified atom stereocenters. The second-order valence-corrected chi connectivity index (χ2v) is 6.45. The van der Waals surface area contributed by atoms with Crippen LogP contribution in [0.4, 0.5) is 29.3 Å². The molecule has 0 radical (unpaired) electrons. The molecule has 0 spiro atoms. The first-order valence-corrected chi connectivity index (χ1v) is 8.91. The van der Waals surface area contributed by atoms with Crippen molar-refractivity contribution in [1.29, 1.82) is 0 Å². The summed E-state index contributed by atoms with van der Waals surface area (Å²) in [6.45, 7) is -0.215. The van der Waals surface area contributed by atoms with Gasteiger partial charge in [0.1, 0.15) is 11.5 Å². The number of benzene rings is 2. The summed E-state index contributed by atoms with van der Waals surface area (Å²) in [5, 5.41) is 13.5. The molecule has 2 amide bonds. The van der Waals surface area contributed by atoms with Gasteiger partial charge in [0.25, 0.3) is 0 Å². The largest absolute Gasteiger partial charge is 0.457 e. The lowest BCUT2D eigenvalue weighted by Gasteiger charge is -2.12. The lowest BCUT2D eigenvalue weighted by Crippen LogP contribution is -2.19. The summed E-state index contributed by atoms with van der Waals surface area (Å²) in [6.07, 6.45) is -3.13. The van der Waals surface area contributed by atoms with E-state index in [1.165, 1.54) is 12.3 Å². The van der Waals surface area contributed by atoms with E-state index in [4.69, 9.17) is 21.4 Å². The van der Waals surface area contributed by atoms with Crippen molar-refractivity contribution in [3.05, 3.63) is 77.1 Å². The lowest BCUT2D eigenvalue weighted by molar-refractivity contribution is -0.137. The van der Waals surface area contributed by atoms with Crippen LogP contribution in [0.15, 0.2) is 60.8 Å². The number of rotatable bonds is 5. The number of hydrogen-bond donors (Lipinski definition) is 3. The Kier molecular flexibility index (Phi) is 6.43. The van der Waals surface area contributed by atoms with Crippen molar-refractivity contribution in [2.45, 2.75) is 12.8 Å². The highest BCUT2D eigenvalue weighted by atomic mass is 35.5. The number of ether oxygens (including phenoxy) is 1. The predicted octanol–water partition coefficient (Wildman–Crippen LogP) is 5.68. The molecule has 3 N–H and O–H groups in total. The summed E-state index contributed by atoms with van der Waals surface area (Å²) in [6, 6.07) is 11.9. The zero-order valence-electron chi connectivity index (χ0n) is 15.2. The summed E-state index contributed by atoms with van der Waals surface area (Å²) < 4.78 is 44.4. The highest BCUT2D eigenvalue weighted by molar-refractivity contribution is 6.31. The van der Waals surface area contributed by atoms with E-state index in [9.17, 15) is 18.0 Å². The van der Waals surface area contributed by atoms with Crippen LogP contribution in [-0.2, 0) is 12.8 Å². The molecule has 3 aromatic rings. The van der Waals surface area contributed by atoms with Gasteiger partial charge in [-0.25, -0.2) is 4.79 Å². The number of nitrogens with one attached hydrogen (secondary N) is 2. The minimum atomic E-state index is -4.63. The first kappa shape index (κ1) is 21.4. The van der Waals surface area contributed by atoms with Gasteiger partial charge in [-0.15, -0.1) is 0 Å². The van der Waals surface area contributed by atoms with E-state index in [0.717, 1.165) is 12.1 Å². The van der Waals surface area contributed by atoms with Crippen LogP contribution in [0.1, 0.15) is 11.3 Å². The van der Waals surface area contributed by atoms with Gasteiger partial charge in [-0.1, -0.05) is 11.6 Å². The molecule has 0 bridgehead atoms. The van der Waals surface area contributed by atoms with Crippen molar-refractivity contribution in [2.24, 2.45) is 0 Å². The average Bonchev–Trinajstić information content (AvgIpc) is 2.70. The number of hydrogen-bond acceptors (Lipinski definition) is 4. The van der Waals surface area contributed by atoms with Gasteiger partial charge in [-0.05, 0) is 48.5 Å². The number of nitrogens with zero attached hydrogens (tertiary/aromatic N) is 1. The smallest absolute Gasteiger partial charge is 0.417 e. The van der Waals surface area contributed by atoms with E-state index in [-0.39, 0.29) is 12.3 Å². The summed E-state index contributed by atoms with van der Waals surface area (Å²) in [5.74, 6) is 0.958. The topological polar surface area (TPSA) is 83.5 Å². The molecule has 1 aromatic heterocycles. The Bertz CT molecular complexity index is 1040. The molecular weight excluding hydrogens is 423 g/mol. The number of anilines is 2. The van der Waals surface area contributed by atoms with Gasteiger partial charge >= 0.3 is 12.2 Å². The third-order valence-electron chi connectivity index (χ3n) is 3.83. The normalized spacial score (nSPS) is 11.1. The van der Waals surface area contributed by atoms with Crippen LogP contribution in [-0.4, -0.2) is 16.1 Å². The van der Waals surface area contributed by atoms with E-state index in [1.54, 1.807) is 36.4 Å². The molecule has 10 heteroatoms. The van der Waals surface area contributed by atoms with Crippen LogP contribution in [0.2, 0.25) is 5.02 Å². The van der Waals surface area contributed by atoms with Crippen molar-refractivity contribution < 1.29 is 27.8 Å². The molecule has 6 nitrogen and oxygen atoms in total. The number of alkyl halides is 3. The highest BCUT2D eigenvalue weighted by Crippen LogP contribution is 2.36. The Balaban J connectivity index is 1.62. The number of amides is 2. The molecule has 156 valence electrons. The number of halogens is 4. The van der Waals surface area contributed by atoms with E-state index >= 15 is 0 Å². The fourth-order valence-corrected chi connectivity index (χ4v) is 2.69. The first-order chi connectivity index (χ1) is 14.2. The maximum absolute atomic E-state index is 12.9. The van der Waals surface area contributed by atoms with Crippen molar-refractivity contribution in [3.63, 3.8) is 0 Å². The zero-order chi connectivity index (χ0) is 21.7. The van der Waals surface area contributed by atoms with Crippen molar-refractivity contribution >= 4 is 29.0 Å². The van der Waals surface area contributed by atoms with E-state index in [0.29, 0.717) is 22.9 Å². The van der Waals surface area contributed by atoms with Crippen LogP contribution >= 0.6 is 11.6 Å². The van der Waals surface area contributed by atoms with Gasteiger partial charge in [-0.2, -0.15) is 13.2 Å². The maximum atomic E-state index is 12.9. The Morgan fingerprint density at radius 1 is 1.00 bits per heavy atom. The number of aliphatic hydroxyl groups excluding tert-OH is 1. The number of carbonyl (C=O) groups excluding carboxylic acids is 1. The fourth-order valence-electron chi connectivity index (χ4n) is 2.46. The van der Waals surface area contributed by atoms with Crippen LogP contribution in [0, 0.1) is 0 Å². The molecule has 0 atom stereocenters. The van der Waals surface area contributed by atoms with E-state index < -0.39 is 22.8 Å². The first-order valence-electron chi connectivity index (χ1n) is 8.53. The quantitative estimate of drug-likeness (QED) is 0.479. The van der Waals surface area contributed by atoms with Crippen molar-refractivity contribution in [1.82, 2.24) is 4.98 Å². The molecule has 0 fully saturated rings. The summed E-state index contributed by atoms with van der Waals surface area (Å²) in [4.78, 5) is 16.0. The minimum absolute atomic E-state index is 0.0541. The van der Waals surface area contributed by atoms with Crippen molar-refractivity contribution in [2.75, 3.05) is 10.6 Å². The SMILES string of the molecule is O=C(Nc1ccc(Oc2ccnc(CO)c2)cc1)Nc1ccc(Cl)c(C(F)(F)F)c1. The lowest BCUT2D eigenvalue weighted by atomic mass is 10.2. The molecule has 0 saturated carbocycles. The second kappa shape index (κ2) is 9.02. The molecule has 1 heterocycles. The van der Waals surface area contributed by atoms with Crippen LogP contribution in [0.3, 0.4) is 0 Å². The molecule has 30 heavy (non-hydrogen) atoms. The summed E-state index contributed by atoms with van der Waals surface area (Å²) in [7, 11) is 0. The maximum Gasteiger partial charge on any atom is 0.417 e. The van der Waals surface area contributed by atoms with Gasteiger partial charge in [0.2, 0.25) is 0 Å². The van der Waals surface area contributed by atoms with Gasteiger partial charge in [0.15, 0.2) is 0 Å². The van der Waals surface area contributed by atoms with E-state index in [2.05, 4.69) is 15.6 Å². The highest BCUT2D eigenvalue weighted by Gasteiger charge is 2.33. The number of urea groups is 1. The van der Waals surface area contributed by atoms with Crippen molar-refractivity contribution in [3.8, 4) is 11.5 Å². The van der Waals surface area contributed by atoms with E-state index in [1.807, 2.05) is 0 Å². The predicted molar refractivity (Wildman–Crippen MR) is 106 cm³/mol. The number of aliphatic hydroxyl groups is 1.